The molecule has 0 atom stereocenters. The molecule has 4 rings (SSSR count). The summed E-state index contributed by atoms with van der Waals surface area (Å²) in [5.74, 6) is -0.406. The van der Waals surface area contributed by atoms with Crippen LogP contribution in [0, 0.1) is 0 Å². The molecule has 3 N–H and O–H groups in total. The summed E-state index contributed by atoms with van der Waals surface area (Å²) in [4.78, 5) is 29.8. The quantitative estimate of drug-likeness (QED) is 0.652. The summed E-state index contributed by atoms with van der Waals surface area (Å²) in [5.41, 5.74) is 5.65. The molecule has 1 aromatic heterocycles. The molecule has 1 aliphatic rings. The van der Waals surface area contributed by atoms with Gasteiger partial charge in [-0.3, -0.25) is 20.4 Å². The van der Waals surface area contributed by atoms with Crippen molar-refractivity contribution in [3.63, 3.8) is 0 Å². The third kappa shape index (κ3) is 4.21. The van der Waals surface area contributed by atoms with Crippen molar-refractivity contribution in [2.24, 2.45) is 0 Å². The minimum Gasteiger partial charge on any atom is -0.361 e. The maximum Gasteiger partial charge on any atom is 0.336 e. The van der Waals surface area contributed by atoms with Crippen LogP contribution in [-0.2, 0) is 6.54 Å². The molecule has 2 heterocycles. The van der Waals surface area contributed by atoms with E-state index in [0.717, 1.165) is 25.2 Å². The van der Waals surface area contributed by atoms with E-state index in [9.17, 15) is 9.59 Å². The van der Waals surface area contributed by atoms with E-state index >= 15 is 0 Å². The monoisotopic (exact) mass is 377 g/mol. The molecule has 28 heavy (non-hydrogen) atoms. The fourth-order valence-corrected chi connectivity index (χ4v) is 3.46. The summed E-state index contributed by atoms with van der Waals surface area (Å²) >= 11 is 0. The van der Waals surface area contributed by atoms with Crippen LogP contribution in [0.25, 0.3) is 10.9 Å². The number of aromatic nitrogens is 1. The van der Waals surface area contributed by atoms with Crippen molar-refractivity contribution in [3.05, 3.63) is 71.9 Å². The molecular formula is C21H23N5O2. The number of carbonyl (C=O) groups is 2. The van der Waals surface area contributed by atoms with Gasteiger partial charge in [0.1, 0.15) is 0 Å². The topological polar surface area (TPSA) is 80.5 Å². The van der Waals surface area contributed by atoms with E-state index in [1.807, 2.05) is 17.1 Å². The first-order valence-corrected chi connectivity index (χ1v) is 9.38. The highest BCUT2D eigenvalue weighted by molar-refractivity contribution is 6.04. The number of amides is 3. The summed E-state index contributed by atoms with van der Waals surface area (Å²) in [6.45, 7) is 3.96. The smallest absolute Gasteiger partial charge is 0.336 e. The number of carbonyl (C=O) groups excluding carboxylic acids is 2. The van der Waals surface area contributed by atoms with Gasteiger partial charge in [0.15, 0.2) is 0 Å². The number of imide groups is 1. The van der Waals surface area contributed by atoms with Gasteiger partial charge in [-0.1, -0.05) is 36.4 Å². The number of rotatable bonds is 4. The number of benzene rings is 2. The Labute approximate surface area is 163 Å². The minimum atomic E-state index is -0.501. The van der Waals surface area contributed by atoms with Gasteiger partial charge in [-0.2, -0.15) is 0 Å². The predicted molar refractivity (Wildman–Crippen MR) is 108 cm³/mol. The number of nitrogens with one attached hydrogen (secondary N) is 3. The van der Waals surface area contributed by atoms with Crippen LogP contribution in [0.3, 0.4) is 0 Å². The van der Waals surface area contributed by atoms with E-state index in [1.54, 1.807) is 24.3 Å². The number of piperazine rings is 1. The first kappa shape index (κ1) is 18.2. The number of H-pyrrole nitrogens is 1. The maximum atomic E-state index is 12.1. The van der Waals surface area contributed by atoms with Crippen molar-refractivity contribution in [2.75, 3.05) is 26.2 Å². The van der Waals surface area contributed by atoms with Crippen LogP contribution in [0.2, 0.25) is 0 Å². The predicted octanol–water partition coefficient (Wildman–Crippen LogP) is 2.34. The van der Waals surface area contributed by atoms with Crippen molar-refractivity contribution in [3.8, 4) is 0 Å². The molecule has 0 radical (unpaired) electrons. The third-order valence-electron chi connectivity index (χ3n) is 4.96. The Morgan fingerprint density at radius 3 is 2.43 bits per heavy atom. The van der Waals surface area contributed by atoms with Gasteiger partial charge < -0.3 is 4.98 Å². The maximum absolute atomic E-state index is 12.1. The van der Waals surface area contributed by atoms with Crippen LogP contribution < -0.4 is 10.7 Å². The fourth-order valence-electron chi connectivity index (χ4n) is 3.46. The van der Waals surface area contributed by atoms with Crippen LogP contribution in [0.1, 0.15) is 15.9 Å². The molecule has 7 heteroatoms. The lowest BCUT2D eigenvalue weighted by molar-refractivity contribution is 0.0874. The highest BCUT2D eigenvalue weighted by atomic mass is 16.2. The van der Waals surface area contributed by atoms with Gasteiger partial charge in [0.2, 0.25) is 0 Å². The van der Waals surface area contributed by atoms with E-state index in [4.69, 9.17) is 0 Å². The van der Waals surface area contributed by atoms with Crippen molar-refractivity contribution < 1.29 is 9.59 Å². The number of urea groups is 1. The summed E-state index contributed by atoms with van der Waals surface area (Å²) in [5, 5.41) is 5.46. The van der Waals surface area contributed by atoms with Crippen molar-refractivity contribution in [1.29, 1.82) is 0 Å². The molecule has 144 valence electrons. The minimum absolute atomic E-state index is 0.406. The molecule has 7 nitrogen and oxygen atoms in total. The third-order valence-corrected chi connectivity index (χ3v) is 4.96. The lowest BCUT2D eigenvalue weighted by Crippen LogP contribution is -2.56. The zero-order valence-electron chi connectivity index (χ0n) is 15.5. The van der Waals surface area contributed by atoms with Crippen molar-refractivity contribution >= 4 is 22.8 Å². The van der Waals surface area contributed by atoms with Crippen LogP contribution in [-0.4, -0.2) is 53.0 Å². The Hall–Kier alpha value is -3.16. The van der Waals surface area contributed by atoms with Crippen molar-refractivity contribution in [1.82, 2.24) is 25.6 Å². The van der Waals surface area contributed by atoms with Crippen LogP contribution in [0.4, 0.5) is 4.79 Å². The second kappa shape index (κ2) is 8.24. The molecule has 1 saturated heterocycles. The second-order valence-electron chi connectivity index (χ2n) is 6.88. The normalized spacial score (nSPS) is 15.4. The number of hydrazine groups is 1. The van der Waals surface area contributed by atoms with Gasteiger partial charge in [-0.25, -0.2) is 9.80 Å². The second-order valence-corrected chi connectivity index (χ2v) is 6.88. The average Bonchev–Trinajstić information content (AvgIpc) is 3.13. The average molecular weight is 377 g/mol. The molecule has 0 saturated carbocycles. The van der Waals surface area contributed by atoms with E-state index < -0.39 is 11.9 Å². The molecular weight excluding hydrogens is 354 g/mol. The number of aromatic amines is 1. The number of hydrogen-bond acceptors (Lipinski definition) is 4. The molecule has 0 spiro atoms. The summed E-state index contributed by atoms with van der Waals surface area (Å²) in [6, 6.07) is 16.5. The molecule has 3 aromatic rings. The number of hydrogen-bond donors (Lipinski definition) is 3. The number of fused-ring (bicyclic) bond motifs is 1. The van der Waals surface area contributed by atoms with Crippen LogP contribution in [0.5, 0.6) is 0 Å². The Morgan fingerprint density at radius 2 is 1.64 bits per heavy atom. The largest absolute Gasteiger partial charge is 0.361 e. The van der Waals surface area contributed by atoms with Gasteiger partial charge in [0.05, 0.1) is 0 Å². The summed E-state index contributed by atoms with van der Waals surface area (Å²) in [6.07, 6.45) is 2.07. The molecule has 0 bridgehead atoms. The van der Waals surface area contributed by atoms with Gasteiger partial charge in [-0.05, 0) is 23.8 Å². The van der Waals surface area contributed by atoms with E-state index in [1.165, 1.54) is 10.9 Å². The van der Waals surface area contributed by atoms with Gasteiger partial charge in [-0.15, -0.1) is 0 Å². The number of para-hydroxylation sites is 1. The van der Waals surface area contributed by atoms with E-state index in [0.29, 0.717) is 18.7 Å². The zero-order chi connectivity index (χ0) is 19.3. The van der Waals surface area contributed by atoms with E-state index in [2.05, 4.69) is 45.0 Å². The Bertz CT molecular complexity index is 961. The highest BCUT2D eigenvalue weighted by Crippen LogP contribution is 2.19. The Kier molecular flexibility index (Phi) is 5.36. The number of nitrogens with zero attached hydrogens (tertiary/aromatic N) is 2. The molecule has 1 fully saturated rings. The Balaban J connectivity index is 1.25. The van der Waals surface area contributed by atoms with Gasteiger partial charge in [0, 0.05) is 55.4 Å². The van der Waals surface area contributed by atoms with Gasteiger partial charge >= 0.3 is 6.03 Å². The van der Waals surface area contributed by atoms with E-state index in [-0.39, 0.29) is 0 Å². The summed E-state index contributed by atoms with van der Waals surface area (Å²) < 4.78 is 0. The zero-order valence-corrected chi connectivity index (χ0v) is 15.5. The van der Waals surface area contributed by atoms with Crippen molar-refractivity contribution in [2.45, 2.75) is 6.54 Å². The lowest BCUT2D eigenvalue weighted by atomic mass is 10.1. The van der Waals surface area contributed by atoms with Gasteiger partial charge in [0.25, 0.3) is 5.91 Å². The molecule has 1 aliphatic heterocycles. The first-order chi connectivity index (χ1) is 13.7. The lowest BCUT2D eigenvalue weighted by Gasteiger charge is -2.34. The standard InChI is InChI=1S/C21H23N5O2/c27-20(16-6-2-1-3-7-16)23-21(28)24-26-12-10-25(11-13-26)15-17-14-22-19-9-5-4-8-18(17)19/h1-9,14,22H,10-13,15H2,(H2,23,24,27,28). The fraction of sp³-hybridized carbons (Fsp3) is 0.238. The first-order valence-electron chi connectivity index (χ1n) is 9.38. The molecule has 0 aliphatic carbocycles. The SMILES string of the molecule is O=C(NC(=O)c1ccccc1)NN1CCN(Cc2c[nH]c3ccccc23)CC1. The highest BCUT2D eigenvalue weighted by Gasteiger charge is 2.20. The molecule has 0 unspecified atom stereocenters. The van der Waals surface area contributed by atoms with Crippen LogP contribution >= 0.6 is 0 Å². The molecule has 3 amide bonds. The molecule has 2 aromatic carbocycles. The summed E-state index contributed by atoms with van der Waals surface area (Å²) in [7, 11) is 0. The Morgan fingerprint density at radius 1 is 0.929 bits per heavy atom. The van der Waals surface area contributed by atoms with Crippen LogP contribution in [0.15, 0.2) is 60.8 Å².